The molecule has 0 bridgehead atoms. The number of amides is 3. The van der Waals surface area contributed by atoms with Crippen LogP contribution in [-0.2, 0) is 24.3 Å². The van der Waals surface area contributed by atoms with Gasteiger partial charge in [-0.2, -0.15) is 5.10 Å². The molecule has 0 radical (unpaired) electrons. The minimum atomic E-state index is -0.0277. The van der Waals surface area contributed by atoms with Crippen LogP contribution in [-0.4, -0.2) is 69.1 Å². The quantitative estimate of drug-likeness (QED) is 0.488. The van der Waals surface area contributed by atoms with Crippen LogP contribution in [0.3, 0.4) is 0 Å². The molecular formula is C31H40N6O2. The molecule has 3 aliphatic rings. The van der Waals surface area contributed by atoms with Crippen LogP contribution in [0.2, 0.25) is 0 Å². The summed E-state index contributed by atoms with van der Waals surface area (Å²) in [5.74, 6) is 0.247. The molecule has 0 unspecified atom stereocenters. The first-order chi connectivity index (χ1) is 18.7. The highest BCUT2D eigenvalue weighted by Gasteiger charge is 2.34. The summed E-state index contributed by atoms with van der Waals surface area (Å²) < 4.78 is 0. The fourth-order valence-corrected chi connectivity index (χ4v) is 6.62. The average molecular weight is 529 g/mol. The van der Waals surface area contributed by atoms with Gasteiger partial charge in [0.1, 0.15) is 0 Å². The van der Waals surface area contributed by atoms with E-state index >= 15 is 0 Å². The minimum Gasteiger partial charge on any atom is -0.338 e. The van der Waals surface area contributed by atoms with Gasteiger partial charge < -0.3 is 20.0 Å². The number of hydrogen-bond donors (Lipinski definition) is 2. The molecule has 1 atom stereocenters. The number of likely N-dealkylation sites (tertiary alicyclic amines) is 1. The van der Waals surface area contributed by atoms with Crippen LogP contribution in [0, 0.1) is 11.3 Å². The number of carbonyl (C=O) groups is 2. The van der Waals surface area contributed by atoms with Crippen molar-refractivity contribution in [1.82, 2.24) is 24.9 Å². The summed E-state index contributed by atoms with van der Waals surface area (Å²) in [5.41, 5.74) is 5.68. The summed E-state index contributed by atoms with van der Waals surface area (Å²) in [4.78, 5) is 33.2. The molecule has 6 rings (SSSR count). The van der Waals surface area contributed by atoms with Gasteiger partial charge in [0.25, 0.3) is 0 Å². The summed E-state index contributed by atoms with van der Waals surface area (Å²) >= 11 is 0. The Morgan fingerprint density at radius 3 is 2.59 bits per heavy atom. The zero-order valence-electron chi connectivity index (χ0n) is 23.4. The number of anilines is 1. The number of fused-ring (bicyclic) bond motifs is 4. The van der Waals surface area contributed by atoms with Crippen LogP contribution >= 0.6 is 0 Å². The van der Waals surface area contributed by atoms with E-state index in [2.05, 4.69) is 64.3 Å². The first-order valence-corrected chi connectivity index (χ1v) is 14.4. The number of nitrogens with zero attached hydrogens (tertiary/aromatic N) is 4. The largest absolute Gasteiger partial charge is 0.338 e. The second kappa shape index (κ2) is 10.3. The van der Waals surface area contributed by atoms with Gasteiger partial charge in [0.15, 0.2) is 0 Å². The Morgan fingerprint density at radius 1 is 1.00 bits per heavy atom. The summed E-state index contributed by atoms with van der Waals surface area (Å²) in [5, 5.41) is 11.5. The first-order valence-electron chi connectivity index (χ1n) is 14.4. The van der Waals surface area contributed by atoms with E-state index < -0.39 is 0 Å². The molecule has 1 aromatic heterocycles. The maximum absolute atomic E-state index is 13.9. The van der Waals surface area contributed by atoms with Gasteiger partial charge >= 0.3 is 6.03 Å². The topological polar surface area (TPSA) is 84.6 Å². The van der Waals surface area contributed by atoms with Crippen LogP contribution in [0.1, 0.15) is 56.7 Å². The van der Waals surface area contributed by atoms with E-state index in [-0.39, 0.29) is 29.3 Å². The maximum atomic E-state index is 13.9. The van der Waals surface area contributed by atoms with E-state index in [4.69, 9.17) is 0 Å². The molecule has 39 heavy (non-hydrogen) atoms. The molecule has 2 N–H and O–H groups in total. The lowest BCUT2D eigenvalue weighted by Crippen LogP contribution is -2.50. The third-order valence-electron chi connectivity index (χ3n) is 8.63. The molecule has 0 aliphatic carbocycles. The molecule has 0 spiro atoms. The lowest BCUT2D eigenvalue weighted by Gasteiger charge is -2.41. The number of benzene rings is 2. The van der Waals surface area contributed by atoms with E-state index in [0.29, 0.717) is 13.1 Å². The van der Waals surface area contributed by atoms with Gasteiger partial charge in [0, 0.05) is 55.8 Å². The SMILES string of the molecule is CC(C)(C)CN1Cc2c(ccc3[nH]ncc23)C[C@@H](CCN2CCC(N3Cc4ccccc4NC3=O)CC2)C1=O. The highest BCUT2D eigenvalue weighted by Crippen LogP contribution is 2.32. The van der Waals surface area contributed by atoms with Crippen molar-refractivity contribution in [3.63, 3.8) is 0 Å². The summed E-state index contributed by atoms with van der Waals surface area (Å²) in [7, 11) is 0. The van der Waals surface area contributed by atoms with E-state index in [1.807, 2.05) is 29.3 Å². The highest BCUT2D eigenvalue weighted by molar-refractivity contribution is 5.92. The van der Waals surface area contributed by atoms with Crippen molar-refractivity contribution in [2.45, 2.75) is 65.6 Å². The number of urea groups is 1. The Bertz CT molecular complexity index is 1370. The standard InChI is InChI=1S/C31H40N6O2/c1-31(2,3)20-36-19-26-21(8-9-28-25(26)17-32-34-28)16-22(29(36)38)10-13-35-14-11-24(12-15-35)37-18-23-6-4-5-7-27(23)33-30(37)39/h4-9,17,22,24H,10-16,18-20H2,1-3H3,(H,32,34)(H,33,39)/t22-/m1/s1. The van der Waals surface area contributed by atoms with Crippen LogP contribution in [0.25, 0.3) is 10.9 Å². The number of piperidine rings is 1. The van der Waals surface area contributed by atoms with Gasteiger partial charge in [-0.05, 0) is 66.5 Å². The van der Waals surface area contributed by atoms with Crippen LogP contribution < -0.4 is 5.32 Å². The van der Waals surface area contributed by atoms with Gasteiger partial charge in [0.05, 0.1) is 11.7 Å². The molecule has 0 saturated carbocycles. The van der Waals surface area contributed by atoms with E-state index in [9.17, 15) is 9.59 Å². The van der Waals surface area contributed by atoms with Crippen molar-refractivity contribution in [2.24, 2.45) is 11.3 Å². The number of aromatic amines is 1. The van der Waals surface area contributed by atoms with Crippen molar-refractivity contribution < 1.29 is 9.59 Å². The van der Waals surface area contributed by atoms with Crippen LogP contribution in [0.4, 0.5) is 10.5 Å². The van der Waals surface area contributed by atoms with E-state index in [1.165, 1.54) is 16.7 Å². The highest BCUT2D eigenvalue weighted by atomic mass is 16.2. The third kappa shape index (κ3) is 5.39. The third-order valence-corrected chi connectivity index (χ3v) is 8.63. The predicted molar refractivity (Wildman–Crippen MR) is 153 cm³/mol. The van der Waals surface area contributed by atoms with Crippen LogP contribution in [0.15, 0.2) is 42.6 Å². The predicted octanol–water partition coefficient (Wildman–Crippen LogP) is 5.01. The normalized spacial score (nSPS) is 21.1. The second-order valence-corrected chi connectivity index (χ2v) is 12.8. The number of para-hydroxylation sites is 1. The Hall–Kier alpha value is -3.39. The molecule has 3 aromatic rings. The van der Waals surface area contributed by atoms with Crippen molar-refractivity contribution in [1.29, 1.82) is 0 Å². The second-order valence-electron chi connectivity index (χ2n) is 12.8. The fraction of sp³-hybridized carbons (Fsp3) is 0.516. The smallest absolute Gasteiger partial charge is 0.322 e. The summed E-state index contributed by atoms with van der Waals surface area (Å²) in [6, 6.07) is 12.6. The molecule has 1 saturated heterocycles. The van der Waals surface area contributed by atoms with Crippen molar-refractivity contribution in [3.05, 3.63) is 59.3 Å². The maximum Gasteiger partial charge on any atom is 0.322 e. The van der Waals surface area contributed by atoms with Crippen molar-refractivity contribution in [3.8, 4) is 0 Å². The Balaban J connectivity index is 1.11. The zero-order valence-corrected chi connectivity index (χ0v) is 23.4. The average Bonchev–Trinajstić information content (AvgIpc) is 3.35. The number of H-pyrrole nitrogens is 1. The Labute approximate surface area is 230 Å². The van der Waals surface area contributed by atoms with Gasteiger partial charge in [-0.25, -0.2) is 4.79 Å². The van der Waals surface area contributed by atoms with Crippen molar-refractivity contribution in [2.75, 3.05) is 31.5 Å². The number of hydrogen-bond acceptors (Lipinski definition) is 4. The molecule has 3 aliphatic heterocycles. The van der Waals surface area contributed by atoms with Gasteiger partial charge in [-0.3, -0.25) is 9.89 Å². The van der Waals surface area contributed by atoms with Gasteiger partial charge in [-0.1, -0.05) is 45.0 Å². The van der Waals surface area contributed by atoms with Gasteiger partial charge in [-0.15, -0.1) is 0 Å². The molecule has 8 heteroatoms. The summed E-state index contributed by atoms with van der Waals surface area (Å²) in [6.07, 6.45) is 5.46. The van der Waals surface area contributed by atoms with E-state index in [0.717, 1.165) is 68.5 Å². The molecule has 1 fully saturated rings. The molecule has 4 heterocycles. The fourth-order valence-electron chi connectivity index (χ4n) is 6.62. The molecule has 8 nitrogen and oxygen atoms in total. The minimum absolute atomic E-state index is 0.0144. The number of carbonyl (C=O) groups excluding carboxylic acids is 2. The lowest BCUT2D eigenvalue weighted by atomic mass is 9.92. The summed E-state index contributed by atoms with van der Waals surface area (Å²) in [6.45, 7) is 11.5. The number of rotatable bonds is 5. The van der Waals surface area contributed by atoms with Crippen LogP contribution in [0.5, 0.6) is 0 Å². The van der Waals surface area contributed by atoms with Crippen molar-refractivity contribution >= 4 is 28.5 Å². The Morgan fingerprint density at radius 2 is 1.79 bits per heavy atom. The molecular weight excluding hydrogens is 488 g/mol. The molecule has 3 amide bonds. The number of aromatic nitrogens is 2. The Kier molecular flexibility index (Phi) is 6.83. The molecule has 2 aromatic carbocycles. The first kappa shape index (κ1) is 25.9. The zero-order chi connectivity index (χ0) is 27.1. The van der Waals surface area contributed by atoms with E-state index in [1.54, 1.807) is 0 Å². The molecule has 206 valence electrons. The number of nitrogens with one attached hydrogen (secondary N) is 2. The monoisotopic (exact) mass is 528 g/mol. The lowest BCUT2D eigenvalue weighted by molar-refractivity contribution is -0.137. The van der Waals surface area contributed by atoms with Gasteiger partial charge in [0.2, 0.25) is 5.91 Å².